The van der Waals surface area contributed by atoms with Gasteiger partial charge in [0.2, 0.25) is 5.91 Å². The minimum atomic E-state index is -0.541. The lowest BCUT2D eigenvalue weighted by molar-refractivity contribution is -0.127. The van der Waals surface area contributed by atoms with Gasteiger partial charge in [0, 0.05) is 29.2 Å². The summed E-state index contributed by atoms with van der Waals surface area (Å²) in [6, 6.07) is 1.32. The van der Waals surface area contributed by atoms with Crippen molar-refractivity contribution in [2.45, 2.75) is 42.7 Å². The van der Waals surface area contributed by atoms with Crippen LogP contribution in [0.4, 0.5) is 0 Å². The summed E-state index contributed by atoms with van der Waals surface area (Å²) in [4.78, 5) is 40.0. The highest BCUT2D eigenvalue weighted by molar-refractivity contribution is 8.21. The highest BCUT2D eigenvalue weighted by atomic mass is 32.2. The molecule has 1 aliphatic heterocycles. The molecule has 1 spiro atoms. The number of amides is 1. The van der Waals surface area contributed by atoms with E-state index in [4.69, 9.17) is 0 Å². The molecule has 1 amide bonds. The van der Waals surface area contributed by atoms with Crippen LogP contribution < -0.4 is 16.6 Å². The largest absolute Gasteiger partial charge is 0.350 e. The Labute approximate surface area is 154 Å². The first-order valence-corrected chi connectivity index (χ1v) is 10.9. The predicted octanol–water partition coefficient (Wildman–Crippen LogP) is 1.68. The molecule has 136 valence electrons. The minimum absolute atomic E-state index is 0.0523. The molecule has 3 aliphatic rings. The van der Waals surface area contributed by atoms with Crippen LogP contribution >= 0.6 is 23.5 Å². The quantitative estimate of drug-likeness (QED) is 0.741. The lowest BCUT2D eigenvalue weighted by atomic mass is 9.67. The molecule has 6 nitrogen and oxygen atoms in total. The van der Waals surface area contributed by atoms with E-state index in [1.807, 2.05) is 0 Å². The van der Waals surface area contributed by atoms with Crippen molar-refractivity contribution in [2.75, 3.05) is 11.5 Å². The maximum Gasteiger partial charge on any atom is 0.325 e. The van der Waals surface area contributed by atoms with Crippen LogP contribution in [0.3, 0.4) is 0 Å². The number of thioether (sulfide) groups is 2. The number of H-pyrrole nitrogens is 2. The molecule has 3 fully saturated rings. The summed E-state index contributed by atoms with van der Waals surface area (Å²) in [5.74, 6) is 3.85. The van der Waals surface area contributed by atoms with E-state index in [9.17, 15) is 14.4 Å². The number of hydrogen-bond acceptors (Lipinski definition) is 5. The second kappa shape index (κ2) is 6.87. The van der Waals surface area contributed by atoms with Crippen molar-refractivity contribution in [1.29, 1.82) is 0 Å². The minimum Gasteiger partial charge on any atom is -0.350 e. The first-order chi connectivity index (χ1) is 12.1. The molecule has 8 heteroatoms. The fraction of sp³-hybridized carbons (Fsp3) is 0.706. The zero-order valence-corrected chi connectivity index (χ0v) is 15.6. The molecule has 4 rings (SSSR count). The van der Waals surface area contributed by atoms with Gasteiger partial charge in [-0.1, -0.05) is 6.42 Å². The van der Waals surface area contributed by atoms with Crippen molar-refractivity contribution in [2.24, 2.45) is 17.8 Å². The molecular weight excluding hydrogens is 358 g/mol. The molecule has 25 heavy (non-hydrogen) atoms. The normalized spacial score (nSPS) is 30.3. The van der Waals surface area contributed by atoms with E-state index in [2.05, 4.69) is 38.8 Å². The third-order valence-corrected chi connectivity index (χ3v) is 9.78. The van der Waals surface area contributed by atoms with Crippen LogP contribution in [0.15, 0.2) is 15.7 Å². The van der Waals surface area contributed by atoms with Gasteiger partial charge < -0.3 is 10.3 Å². The molecule has 2 bridgehead atoms. The molecule has 2 saturated carbocycles. The number of aromatic amines is 2. The summed E-state index contributed by atoms with van der Waals surface area (Å²) in [5, 5.41) is 2.92. The lowest BCUT2D eigenvalue weighted by Crippen LogP contribution is -2.49. The van der Waals surface area contributed by atoms with Crippen molar-refractivity contribution >= 4 is 29.4 Å². The summed E-state index contributed by atoms with van der Waals surface area (Å²) in [7, 11) is 0. The average molecular weight is 382 g/mol. The first kappa shape index (κ1) is 17.3. The molecular formula is C17H23N3O3S2. The van der Waals surface area contributed by atoms with Gasteiger partial charge >= 0.3 is 5.69 Å². The maximum atomic E-state index is 12.7. The fourth-order valence-corrected chi connectivity index (χ4v) is 8.70. The van der Waals surface area contributed by atoms with Gasteiger partial charge in [0.25, 0.3) is 5.56 Å². The molecule has 2 unspecified atom stereocenters. The Morgan fingerprint density at radius 1 is 1.16 bits per heavy atom. The van der Waals surface area contributed by atoms with Crippen LogP contribution in [0.25, 0.3) is 0 Å². The Morgan fingerprint density at radius 3 is 2.48 bits per heavy atom. The standard InChI is InChI=1S/C17H23N3O3S2/c21-14-8-13(19-16(23)20-14)9-18-15(22)10-6-11-2-1-3-12(7-10)17(11)24-4-5-25-17/h8,10-12H,1-7,9H2,(H,18,22)(H2,19,20,21,23). The van der Waals surface area contributed by atoms with E-state index in [0.717, 1.165) is 12.8 Å². The smallest absolute Gasteiger partial charge is 0.325 e. The van der Waals surface area contributed by atoms with Crippen LogP contribution in [-0.4, -0.2) is 31.5 Å². The van der Waals surface area contributed by atoms with Crippen molar-refractivity contribution < 1.29 is 4.79 Å². The van der Waals surface area contributed by atoms with E-state index in [0.29, 0.717) is 21.6 Å². The molecule has 2 aliphatic carbocycles. The Hall–Kier alpha value is -1.15. The first-order valence-electron chi connectivity index (χ1n) is 8.95. The second-order valence-electron chi connectivity index (χ2n) is 7.24. The van der Waals surface area contributed by atoms with Crippen molar-refractivity contribution in [3.05, 3.63) is 32.6 Å². The van der Waals surface area contributed by atoms with Crippen LogP contribution in [0.5, 0.6) is 0 Å². The molecule has 1 aromatic heterocycles. The van der Waals surface area contributed by atoms with Crippen molar-refractivity contribution in [3.63, 3.8) is 0 Å². The Morgan fingerprint density at radius 2 is 1.84 bits per heavy atom. The highest BCUT2D eigenvalue weighted by Gasteiger charge is 2.55. The van der Waals surface area contributed by atoms with Gasteiger partial charge in [-0.3, -0.25) is 14.6 Å². The maximum absolute atomic E-state index is 12.7. The van der Waals surface area contributed by atoms with E-state index in [-0.39, 0.29) is 18.4 Å². The van der Waals surface area contributed by atoms with Gasteiger partial charge in [-0.2, -0.15) is 0 Å². The van der Waals surface area contributed by atoms with Crippen LogP contribution in [0.1, 0.15) is 37.8 Å². The molecule has 2 heterocycles. The number of rotatable bonds is 3. The van der Waals surface area contributed by atoms with E-state index < -0.39 is 11.2 Å². The van der Waals surface area contributed by atoms with Crippen LogP contribution in [-0.2, 0) is 11.3 Å². The monoisotopic (exact) mass is 381 g/mol. The third-order valence-electron chi connectivity index (χ3n) is 5.76. The Balaban J connectivity index is 1.42. The summed E-state index contributed by atoms with van der Waals surface area (Å²) >= 11 is 4.28. The number of nitrogens with one attached hydrogen (secondary N) is 3. The summed E-state index contributed by atoms with van der Waals surface area (Å²) in [6.07, 6.45) is 5.70. The van der Waals surface area contributed by atoms with Crippen LogP contribution in [0.2, 0.25) is 0 Å². The topological polar surface area (TPSA) is 94.8 Å². The van der Waals surface area contributed by atoms with Gasteiger partial charge in [-0.05, 0) is 37.5 Å². The van der Waals surface area contributed by atoms with Gasteiger partial charge in [-0.15, -0.1) is 23.5 Å². The Bertz CT molecular complexity index is 725. The number of hydrogen-bond donors (Lipinski definition) is 3. The van der Waals surface area contributed by atoms with E-state index in [1.165, 1.54) is 36.8 Å². The lowest BCUT2D eigenvalue weighted by Gasteiger charge is -2.52. The molecule has 0 radical (unpaired) electrons. The fourth-order valence-electron chi connectivity index (χ4n) is 4.76. The Kier molecular flexibility index (Phi) is 4.75. The average Bonchev–Trinajstić information content (AvgIpc) is 3.01. The summed E-state index contributed by atoms with van der Waals surface area (Å²) in [6.45, 7) is 0.193. The van der Waals surface area contributed by atoms with Gasteiger partial charge in [-0.25, -0.2) is 4.79 Å². The predicted molar refractivity (Wildman–Crippen MR) is 101 cm³/mol. The zero-order chi connectivity index (χ0) is 17.4. The van der Waals surface area contributed by atoms with Crippen molar-refractivity contribution in [3.8, 4) is 0 Å². The summed E-state index contributed by atoms with van der Waals surface area (Å²) < 4.78 is 0.368. The van der Waals surface area contributed by atoms with Gasteiger partial charge in [0.05, 0.1) is 10.6 Å². The second-order valence-corrected chi connectivity index (χ2v) is 10.2. The van der Waals surface area contributed by atoms with Crippen molar-refractivity contribution in [1.82, 2.24) is 15.3 Å². The van der Waals surface area contributed by atoms with Gasteiger partial charge in [0.15, 0.2) is 0 Å². The molecule has 2 atom stereocenters. The van der Waals surface area contributed by atoms with E-state index >= 15 is 0 Å². The summed E-state index contributed by atoms with van der Waals surface area (Å²) in [5.41, 5.74) is -0.546. The number of carbonyl (C=O) groups excluding carboxylic acids is 1. The number of carbonyl (C=O) groups is 1. The molecule has 1 saturated heterocycles. The van der Waals surface area contributed by atoms with E-state index in [1.54, 1.807) is 0 Å². The molecule has 3 N–H and O–H groups in total. The zero-order valence-electron chi connectivity index (χ0n) is 14.0. The van der Waals surface area contributed by atoms with Crippen LogP contribution in [0, 0.1) is 17.8 Å². The third kappa shape index (κ3) is 3.30. The molecule has 0 aromatic carbocycles. The van der Waals surface area contributed by atoms with Gasteiger partial charge in [0.1, 0.15) is 0 Å². The highest BCUT2D eigenvalue weighted by Crippen LogP contribution is 2.64. The number of aromatic nitrogens is 2. The molecule has 1 aromatic rings. The SMILES string of the molecule is O=C(NCc1cc(=O)[nH]c(=O)[nH]1)C1CC2CCCC(C1)C21SCCS1.